The molecule has 2 aromatic heterocycles. The molecule has 0 atom stereocenters. The third-order valence-corrected chi connectivity index (χ3v) is 5.53. The second-order valence-corrected chi connectivity index (χ2v) is 7.72. The molecule has 0 radical (unpaired) electrons. The highest BCUT2D eigenvalue weighted by atomic mass is 19.1. The van der Waals surface area contributed by atoms with Crippen LogP contribution in [0.5, 0.6) is 0 Å². The lowest BCUT2D eigenvalue weighted by Gasteiger charge is -2.30. The van der Waals surface area contributed by atoms with E-state index >= 15 is 0 Å². The number of nitrogens with one attached hydrogen (secondary N) is 1. The van der Waals surface area contributed by atoms with Crippen LogP contribution in [0.2, 0.25) is 0 Å². The quantitative estimate of drug-likeness (QED) is 0.607. The van der Waals surface area contributed by atoms with Gasteiger partial charge in [-0.25, -0.2) is 9.37 Å². The monoisotopic (exact) mass is 433 g/mol. The van der Waals surface area contributed by atoms with E-state index in [2.05, 4.69) is 15.3 Å². The van der Waals surface area contributed by atoms with E-state index in [1.54, 1.807) is 53.8 Å². The highest BCUT2D eigenvalue weighted by Crippen LogP contribution is 2.25. The van der Waals surface area contributed by atoms with Gasteiger partial charge in [-0.15, -0.1) is 0 Å². The van der Waals surface area contributed by atoms with Crippen LogP contribution in [-0.2, 0) is 35.6 Å². The first-order chi connectivity index (χ1) is 15.5. The van der Waals surface area contributed by atoms with E-state index in [9.17, 15) is 14.0 Å². The van der Waals surface area contributed by atoms with Crippen molar-refractivity contribution in [2.45, 2.75) is 33.0 Å². The van der Waals surface area contributed by atoms with Gasteiger partial charge < -0.3 is 14.8 Å². The molecule has 3 heterocycles. The lowest BCUT2D eigenvalue weighted by Crippen LogP contribution is -2.37. The first kappa shape index (κ1) is 21.4. The molecule has 2 amide bonds. The summed E-state index contributed by atoms with van der Waals surface area (Å²) in [4.78, 5) is 34.7. The number of aromatic nitrogens is 3. The van der Waals surface area contributed by atoms with E-state index < -0.39 is 11.7 Å². The van der Waals surface area contributed by atoms with Crippen LogP contribution in [0.4, 0.5) is 4.39 Å². The Labute approximate surface area is 185 Å². The number of fused-ring (bicyclic) bond motifs is 1. The Morgan fingerprint density at radius 1 is 1.25 bits per heavy atom. The number of imidazole rings is 1. The zero-order valence-electron chi connectivity index (χ0n) is 17.8. The first-order valence-electron chi connectivity index (χ1n) is 10.4. The van der Waals surface area contributed by atoms with E-state index in [1.165, 1.54) is 11.0 Å². The van der Waals surface area contributed by atoms with Gasteiger partial charge in [0.05, 0.1) is 6.33 Å². The van der Waals surface area contributed by atoms with Crippen LogP contribution in [0.3, 0.4) is 0 Å². The summed E-state index contributed by atoms with van der Waals surface area (Å²) in [6, 6.07) is 8.93. The van der Waals surface area contributed by atoms with Crippen LogP contribution in [-0.4, -0.2) is 37.8 Å². The number of rotatable bonds is 6. The van der Waals surface area contributed by atoms with Crippen molar-refractivity contribution in [1.29, 1.82) is 0 Å². The average molecular weight is 433 g/mol. The second kappa shape index (κ2) is 9.55. The molecule has 0 unspecified atom stereocenters. The molecule has 1 aromatic carbocycles. The maximum absolute atomic E-state index is 14.6. The van der Waals surface area contributed by atoms with Crippen molar-refractivity contribution in [3.05, 3.63) is 89.0 Å². The number of halogens is 1. The van der Waals surface area contributed by atoms with Crippen molar-refractivity contribution < 1.29 is 14.0 Å². The predicted octanol–water partition coefficient (Wildman–Crippen LogP) is 2.80. The molecule has 0 saturated heterocycles. The van der Waals surface area contributed by atoms with Gasteiger partial charge in [-0.3, -0.25) is 14.6 Å². The van der Waals surface area contributed by atoms with Crippen molar-refractivity contribution >= 4 is 17.9 Å². The SMILES string of the molecule is Cc1ncc2c(c1CNC(=O)Cn1ccnc1)CCN(C(=O)/C(F)=C/c1ccccc1)C2. The van der Waals surface area contributed by atoms with Gasteiger partial charge in [0.25, 0.3) is 5.91 Å². The molecule has 3 aromatic rings. The minimum atomic E-state index is -0.785. The van der Waals surface area contributed by atoms with Gasteiger partial charge in [0.1, 0.15) is 6.54 Å². The molecule has 164 valence electrons. The zero-order chi connectivity index (χ0) is 22.5. The highest BCUT2D eigenvalue weighted by molar-refractivity contribution is 5.95. The molecule has 0 bridgehead atoms. The van der Waals surface area contributed by atoms with Crippen molar-refractivity contribution in [2.24, 2.45) is 0 Å². The zero-order valence-corrected chi connectivity index (χ0v) is 17.8. The Kier molecular flexibility index (Phi) is 6.39. The molecule has 0 saturated carbocycles. The number of carbonyl (C=O) groups excluding carboxylic acids is 2. The van der Waals surface area contributed by atoms with Gasteiger partial charge in [-0.1, -0.05) is 30.3 Å². The van der Waals surface area contributed by atoms with Gasteiger partial charge >= 0.3 is 0 Å². The molecule has 0 fully saturated rings. The maximum atomic E-state index is 14.6. The van der Waals surface area contributed by atoms with Gasteiger partial charge in [0.15, 0.2) is 5.83 Å². The lowest BCUT2D eigenvalue weighted by molar-refractivity contribution is -0.129. The molecule has 7 nitrogen and oxygen atoms in total. The van der Waals surface area contributed by atoms with E-state index in [0.717, 1.165) is 22.4 Å². The van der Waals surface area contributed by atoms with Crippen LogP contribution >= 0.6 is 0 Å². The van der Waals surface area contributed by atoms with Gasteiger partial charge in [-0.2, -0.15) is 0 Å². The Morgan fingerprint density at radius 2 is 2.06 bits per heavy atom. The number of aryl methyl sites for hydroxylation is 1. The molecule has 1 N–H and O–H groups in total. The predicted molar refractivity (Wildman–Crippen MR) is 118 cm³/mol. The third kappa shape index (κ3) is 4.91. The number of carbonyl (C=O) groups is 2. The topological polar surface area (TPSA) is 80.1 Å². The van der Waals surface area contributed by atoms with Crippen LogP contribution in [0.1, 0.15) is 27.9 Å². The molecule has 32 heavy (non-hydrogen) atoms. The lowest BCUT2D eigenvalue weighted by atomic mass is 9.94. The minimum absolute atomic E-state index is 0.124. The van der Waals surface area contributed by atoms with E-state index in [1.807, 2.05) is 13.0 Å². The van der Waals surface area contributed by atoms with Crippen LogP contribution in [0.25, 0.3) is 6.08 Å². The van der Waals surface area contributed by atoms with Crippen molar-refractivity contribution in [3.8, 4) is 0 Å². The summed E-state index contributed by atoms with van der Waals surface area (Å²) in [6.07, 6.45) is 8.52. The first-order valence-corrected chi connectivity index (χ1v) is 10.4. The average Bonchev–Trinajstić information content (AvgIpc) is 3.31. The van der Waals surface area contributed by atoms with Gasteiger partial charge in [0.2, 0.25) is 5.91 Å². The number of nitrogens with zero attached hydrogens (tertiary/aromatic N) is 4. The Hall–Kier alpha value is -3.81. The largest absolute Gasteiger partial charge is 0.350 e. The Balaban J connectivity index is 1.44. The standard InChI is InChI=1S/C24H24FN5O2/c1-17-21(13-28-23(31)15-29-10-8-26-16-29)20-7-9-30(14-19(20)12-27-17)24(32)22(25)11-18-5-3-2-4-6-18/h2-6,8,10-12,16H,7,9,13-15H2,1H3,(H,28,31)/b22-11-. The molecular formula is C24H24FN5O2. The van der Waals surface area contributed by atoms with E-state index in [-0.39, 0.29) is 19.0 Å². The number of hydrogen-bond donors (Lipinski definition) is 1. The summed E-state index contributed by atoms with van der Waals surface area (Å²) in [7, 11) is 0. The number of pyridine rings is 1. The molecule has 4 rings (SSSR count). The van der Waals surface area contributed by atoms with Crippen LogP contribution in [0, 0.1) is 6.92 Å². The summed E-state index contributed by atoms with van der Waals surface area (Å²) in [5.41, 5.74) is 4.37. The highest BCUT2D eigenvalue weighted by Gasteiger charge is 2.26. The van der Waals surface area contributed by atoms with Gasteiger partial charge in [-0.05, 0) is 41.7 Å². The Bertz CT molecular complexity index is 1140. The number of benzene rings is 1. The summed E-state index contributed by atoms with van der Waals surface area (Å²) in [5.74, 6) is -1.54. The molecule has 0 spiro atoms. The summed E-state index contributed by atoms with van der Waals surface area (Å²) in [6.45, 7) is 3.13. The fraction of sp³-hybridized carbons (Fsp3) is 0.250. The van der Waals surface area contributed by atoms with E-state index in [0.29, 0.717) is 25.1 Å². The fourth-order valence-corrected chi connectivity index (χ4v) is 3.83. The van der Waals surface area contributed by atoms with Crippen molar-refractivity contribution in [3.63, 3.8) is 0 Å². The number of hydrogen-bond acceptors (Lipinski definition) is 4. The Morgan fingerprint density at radius 3 is 2.81 bits per heavy atom. The van der Waals surface area contributed by atoms with Gasteiger partial charge in [0, 0.05) is 43.9 Å². The smallest absolute Gasteiger partial charge is 0.282 e. The molecule has 1 aliphatic rings. The third-order valence-electron chi connectivity index (χ3n) is 5.53. The van der Waals surface area contributed by atoms with E-state index in [4.69, 9.17) is 0 Å². The van der Waals surface area contributed by atoms with Crippen molar-refractivity contribution in [2.75, 3.05) is 6.54 Å². The molecule has 0 aliphatic carbocycles. The van der Waals surface area contributed by atoms with Crippen molar-refractivity contribution in [1.82, 2.24) is 24.8 Å². The maximum Gasteiger partial charge on any atom is 0.282 e. The normalized spacial score (nSPS) is 13.6. The minimum Gasteiger partial charge on any atom is -0.350 e. The van der Waals surface area contributed by atoms with Crippen LogP contribution in [0.15, 0.2) is 61.1 Å². The molecule has 8 heteroatoms. The second-order valence-electron chi connectivity index (χ2n) is 7.72. The summed E-state index contributed by atoms with van der Waals surface area (Å²) >= 11 is 0. The van der Waals surface area contributed by atoms with Crippen LogP contribution < -0.4 is 5.32 Å². The fourth-order valence-electron chi connectivity index (χ4n) is 3.83. The molecular weight excluding hydrogens is 409 g/mol. The summed E-state index contributed by atoms with van der Waals surface area (Å²) in [5, 5.41) is 2.93. The number of amides is 2. The molecule has 1 aliphatic heterocycles. The summed E-state index contributed by atoms with van der Waals surface area (Å²) < 4.78 is 16.2.